The molecular weight excluding hydrogens is 322 g/mol. The van der Waals surface area contributed by atoms with E-state index in [0.717, 1.165) is 0 Å². The molecule has 0 amide bonds. The van der Waals surface area contributed by atoms with Crippen molar-refractivity contribution in [3.05, 3.63) is 28.6 Å². The number of ether oxygens (including phenoxy) is 1. The summed E-state index contributed by atoms with van der Waals surface area (Å²) in [5.74, 6) is -0.623. The number of halogens is 3. The monoisotopic (exact) mass is 332 g/mol. The summed E-state index contributed by atoms with van der Waals surface area (Å²) in [4.78, 5) is 15.3. The van der Waals surface area contributed by atoms with E-state index in [1.54, 1.807) is 13.0 Å². The Bertz CT molecular complexity index is 515. The minimum absolute atomic E-state index is 0.0229. The first-order valence-corrected chi connectivity index (χ1v) is 6.57. The van der Waals surface area contributed by atoms with E-state index in [9.17, 15) is 13.6 Å². The lowest BCUT2D eigenvalue weighted by Crippen LogP contribution is -2.12. The van der Waals surface area contributed by atoms with Crippen LogP contribution >= 0.6 is 15.9 Å². The summed E-state index contributed by atoms with van der Waals surface area (Å²) >= 11 is 3.08. The molecule has 0 spiro atoms. The van der Waals surface area contributed by atoms with Gasteiger partial charge in [0, 0.05) is 17.1 Å². The van der Waals surface area contributed by atoms with Gasteiger partial charge in [-0.3, -0.25) is 9.78 Å². The second-order valence-corrected chi connectivity index (χ2v) is 4.11. The number of nitriles is 1. The van der Waals surface area contributed by atoms with Crippen LogP contribution in [0.3, 0.4) is 0 Å². The average Bonchev–Trinajstić information content (AvgIpc) is 2.37. The number of alkyl halides is 3. The lowest BCUT2D eigenvalue weighted by Gasteiger charge is -2.12. The Balaban J connectivity index is 3.25. The molecule has 0 bridgehead atoms. The molecule has 0 aromatic carbocycles. The van der Waals surface area contributed by atoms with Crippen LogP contribution in [0.5, 0.6) is 0 Å². The van der Waals surface area contributed by atoms with E-state index in [-0.39, 0.29) is 35.2 Å². The van der Waals surface area contributed by atoms with Crippen LogP contribution in [0.25, 0.3) is 0 Å². The molecule has 4 nitrogen and oxygen atoms in total. The Morgan fingerprint density at radius 3 is 2.79 bits per heavy atom. The van der Waals surface area contributed by atoms with Crippen molar-refractivity contribution in [3.63, 3.8) is 0 Å². The topological polar surface area (TPSA) is 63.0 Å². The molecule has 0 aliphatic rings. The first-order valence-electron chi connectivity index (χ1n) is 5.45. The quantitative estimate of drug-likeness (QED) is 0.614. The summed E-state index contributed by atoms with van der Waals surface area (Å²) in [6.07, 6.45) is -1.98. The number of pyridine rings is 1. The van der Waals surface area contributed by atoms with Gasteiger partial charge in [0.2, 0.25) is 0 Å². The molecule has 0 radical (unpaired) electrons. The highest BCUT2D eigenvalue weighted by atomic mass is 79.9. The molecule has 0 N–H and O–H groups in total. The van der Waals surface area contributed by atoms with E-state index in [2.05, 4.69) is 20.9 Å². The summed E-state index contributed by atoms with van der Waals surface area (Å²) in [7, 11) is 0. The van der Waals surface area contributed by atoms with Gasteiger partial charge in [0.15, 0.2) is 0 Å². The van der Waals surface area contributed by atoms with Crippen LogP contribution in [-0.4, -0.2) is 17.6 Å². The third kappa shape index (κ3) is 3.70. The molecule has 7 heteroatoms. The van der Waals surface area contributed by atoms with Crippen molar-refractivity contribution in [2.45, 2.75) is 25.1 Å². The molecule has 1 rings (SSSR count). The van der Waals surface area contributed by atoms with Crippen LogP contribution in [0.15, 0.2) is 6.20 Å². The molecule has 0 saturated heterocycles. The van der Waals surface area contributed by atoms with Gasteiger partial charge in [-0.15, -0.1) is 0 Å². The zero-order valence-electron chi connectivity index (χ0n) is 10.1. The standard InChI is InChI=1S/C12H11BrF2N2O2/c1-2-19-10(18)3-7-6-17-9(4-13)8(5-16)11(7)12(14)15/h6,12H,2-4H2,1H3. The number of hydrogen-bond donors (Lipinski definition) is 0. The maximum atomic E-state index is 13.1. The molecule has 0 unspecified atom stereocenters. The Kier molecular flexibility index (Phi) is 5.83. The van der Waals surface area contributed by atoms with Crippen LogP contribution in [-0.2, 0) is 21.3 Å². The van der Waals surface area contributed by atoms with Crippen LogP contribution in [0, 0.1) is 11.3 Å². The van der Waals surface area contributed by atoms with E-state index in [4.69, 9.17) is 10.00 Å². The molecule has 1 aromatic rings. The first-order chi connectivity index (χ1) is 9.04. The highest BCUT2D eigenvalue weighted by molar-refractivity contribution is 9.08. The summed E-state index contributed by atoms with van der Waals surface area (Å²) < 4.78 is 30.9. The minimum Gasteiger partial charge on any atom is -0.466 e. The van der Waals surface area contributed by atoms with E-state index < -0.39 is 18.0 Å². The van der Waals surface area contributed by atoms with E-state index in [1.807, 2.05) is 0 Å². The zero-order chi connectivity index (χ0) is 14.4. The third-order valence-electron chi connectivity index (χ3n) is 2.38. The largest absolute Gasteiger partial charge is 0.466 e. The molecule has 0 atom stereocenters. The molecule has 0 aliphatic carbocycles. The van der Waals surface area contributed by atoms with Crippen molar-refractivity contribution in [1.82, 2.24) is 4.98 Å². The molecule has 1 aromatic heterocycles. The van der Waals surface area contributed by atoms with Crippen LogP contribution in [0.2, 0.25) is 0 Å². The number of rotatable bonds is 5. The van der Waals surface area contributed by atoms with Gasteiger partial charge in [0.25, 0.3) is 6.43 Å². The summed E-state index contributed by atoms with van der Waals surface area (Å²) in [6.45, 7) is 1.79. The fraction of sp³-hybridized carbons (Fsp3) is 0.417. The van der Waals surface area contributed by atoms with Gasteiger partial charge in [-0.25, -0.2) is 8.78 Å². The number of hydrogen-bond acceptors (Lipinski definition) is 4. The second kappa shape index (κ2) is 7.14. The number of carbonyl (C=O) groups excluding carboxylic acids is 1. The van der Waals surface area contributed by atoms with Crippen molar-refractivity contribution < 1.29 is 18.3 Å². The van der Waals surface area contributed by atoms with Crippen molar-refractivity contribution >= 4 is 21.9 Å². The maximum absolute atomic E-state index is 13.1. The number of esters is 1. The predicted octanol–water partition coefficient (Wildman–Crippen LogP) is 2.89. The molecular formula is C12H11BrF2N2O2. The molecule has 0 aliphatic heterocycles. The fourth-order valence-electron chi connectivity index (χ4n) is 1.59. The summed E-state index contributed by atoms with van der Waals surface area (Å²) in [6, 6.07) is 1.72. The van der Waals surface area contributed by atoms with Gasteiger partial charge in [0.1, 0.15) is 6.07 Å². The van der Waals surface area contributed by atoms with Gasteiger partial charge < -0.3 is 4.74 Å². The lowest BCUT2D eigenvalue weighted by molar-refractivity contribution is -0.142. The minimum atomic E-state index is -2.85. The smallest absolute Gasteiger partial charge is 0.310 e. The molecule has 102 valence electrons. The van der Waals surface area contributed by atoms with Crippen molar-refractivity contribution in [2.24, 2.45) is 0 Å². The number of nitrogens with zero attached hydrogens (tertiary/aromatic N) is 2. The third-order valence-corrected chi connectivity index (χ3v) is 2.91. The second-order valence-electron chi connectivity index (χ2n) is 3.55. The fourth-order valence-corrected chi connectivity index (χ4v) is 2.01. The Hall–Kier alpha value is -1.55. The highest BCUT2D eigenvalue weighted by Gasteiger charge is 2.23. The van der Waals surface area contributed by atoms with Gasteiger partial charge >= 0.3 is 5.97 Å². The Morgan fingerprint density at radius 2 is 2.32 bits per heavy atom. The maximum Gasteiger partial charge on any atom is 0.310 e. The first kappa shape index (κ1) is 15.5. The summed E-state index contributed by atoms with van der Waals surface area (Å²) in [5.41, 5.74) is -0.381. The van der Waals surface area contributed by atoms with Crippen LogP contribution in [0.4, 0.5) is 8.78 Å². The average molecular weight is 333 g/mol. The van der Waals surface area contributed by atoms with Gasteiger partial charge in [0.05, 0.1) is 24.3 Å². The molecule has 0 saturated carbocycles. The van der Waals surface area contributed by atoms with E-state index >= 15 is 0 Å². The molecule has 19 heavy (non-hydrogen) atoms. The van der Waals surface area contributed by atoms with Crippen molar-refractivity contribution in [2.75, 3.05) is 6.61 Å². The Labute approximate surface area is 117 Å². The summed E-state index contributed by atoms with van der Waals surface area (Å²) in [5, 5.41) is 9.17. The highest BCUT2D eigenvalue weighted by Crippen LogP contribution is 2.29. The Morgan fingerprint density at radius 1 is 1.63 bits per heavy atom. The zero-order valence-corrected chi connectivity index (χ0v) is 11.7. The molecule has 0 fully saturated rings. The SMILES string of the molecule is CCOC(=O)Cc1cnc(CBr)c(C#N)c1C(F)F. The van der Waals surface area contributed by atoms with Crippen LogP contribution < -0.4 is 0 Å². The van der Waals surface area contributed by atoms with Crippen molar-refractivity contribution in [1.29, 1.82) is 5.26 Å². The lowest BCUT2D eigenvalue weighted by atomic mass is 10.0. The van der Waals surface area contributed by atoms with Crippen LogP contribution in [0.1, 0.15) is 35.7 Å². The number of carbonyl (C=O) groups is 1. The van der Waals surface area contributed by atoms with Gasteiger partial charge in [-0.05, 0) is 12.5 Å². The van der Waals surface area contributed by atoms with E-state index in [1.165, 1.54) is 6.20 Å². The normalized spacial score (nSPS) is 10.3. The van der Waals surface area contributed by atoms with Crippen molar-refractivity contribution in [3.8, 4) is 6.07 Å². The van der Waals surface area contributed by atoms with Gasteiger partial charge in [-0.1, -0.05) is 15.9 Å². The van der Waals surface area contributed by atoms with Gasteiger partial charge in [-0.2, -0.15) is 5.26 Å². The molecule has 1 heterocycles. The van der Waals surface area contributed by atoms with E-state index in [0.29, 0.717) is 0 Å². The number of aromatic nitrogens is 1. The predicted molar refractivity (Wildman–Crippen MR) is 66.9 cm³/mol.